The molecule has 0 spiro atoms. The van der Waals surface area contributed by atoms with Crippen LogP contribution in [0.25, 0.3) is 0 Å². The van der Waals surface area contributed by atoms with Gasteiger partial charge in [0.15, 0.2) is 11.5 Å². The predicted molar refractivity (Wildman–Crippen MR) is 112 cm³/mol. The van der Waals surface area contributed by atoms with Crippen molar-refractivity contribution in [2.75, 3.05) is 39.2 Å². The molecule has 7 nitrogen and oxygen atoms in total. The maximum atomic E-state index is 12.9. The highest BCUT2D eigenvalue weighted by molar-refractivity contribution is 6.09. The molecule has 152 valence electrons. The van der Waals surface area contributed by atoms with Gasteiger partial charge in [-0.1, -0.05) is 29.8 Å². The number of rotatable bonds is 7. The average molecular weight is 395 g/mol. The smallest absolute Gasteiger partial charge is 0.255 e. The molecule has 0 atom stereocenters. The van der Waals surface area contributed by atoms with Gasteiger partial charge in [0.2, 0.25) is 0 Å². The maximum Gasteiger partial charge on any atom is 0.255 e. The monoisotopic (exact) mass is 395 g/mol. The number of hydrogen-bond donors (Lipinski definition) is 3. The van der Waals surface area contributed by atoms with E-state index in [1.54, 1.807) is 36.4 Å². The van der Waals surface area contributed by atoms with E-state index in [9.17, 15) is 9.59 Å². The van der Waals surface area contributed by atoms with Gasteiger partial charge in [0.1, 0.15) is 0 Å². The molecule has 1 heterocycles. The Balaban J connectivity index is 1.85. The average Bonchev–Trinajstić information content (AvgIpc) is 2.78. The first kappa shape index (κ1) is 20.4. The van der Waals surface area contributed by atoms with Crippen LogP contribution in [0.5, 0.6) is 11.5 Å². The lowest BCUT2D eigenvalue weighted by atomic mass is 10.1. The van der Waals surface area contributed by atoms with Crippen LogP contribution in [-0.2, 0) is 0 Å². The zero-order chi connectivity index (χ0) is 20.6. The second-order valence-corrected chi connectivity index (χ2v) is 6.57. The van der Waals surface area contributed by atoms with E-state index in [1.165, 1.54) is 19.8 Å². The molecule has 0 unspecified atom stereocenters. The molecule has 0 aliphatic carbocycles. The lowest BCUT2D eigenvalue weighted by Crippen LogP contribution is -2.30. The summed E-state index contributed by atoms with van der Waals surface area (Å²) in [5.74, 6) is 0.228. The largest absolute Gasteiger partial charge is 0.493 e. The summed E-state index contributed by atoms with van der Waals surface area (Å²) in [5.41, 5.74) is 2.33. The van der Waals surface area contributed by atoms with Crippen LogP contribution < -0.4 is 25.4 Å². The molecule has 1 aliphatic heterocycles. The first-order chi connectivity index (χ1) is 14.1. The van der Waals surface area contributed by atoms with Crippen LogP contribution >= 0.6 is 0 Å². The maximum absolute atomic E-state index is 12.9. The van der Waals surface area contributed by atoms with Gasteiger partial charge in [-0.2, -0.15) is 0 Å². The molecule has 0 saturated heterocycles. The molecule has 0 radical (unpaired) electrons. The normalized spacial score (nSPS) is 13.2. The highest BCUT2D eigenvalue weighted by Gasteiger charge is 2.19. The van der Waals surface area contributed by atoms with Crippen LogP contribution in [0.3, 0.4) is 0 Å². The molecule has 0 saturated carbocycles. The molecule has 0 fully saturated rings. The third-order valence-corrected chi connectivity index (χ3v) is 4.69. The van der Waals surface area contributed by atoms with Gasteiger partial charge in [-0.3, -0.25) is 9.59 Å². The number of hydrogen-bond acceptors (Lipinski definition) is 5. The van der Waals surface area contributed by atoms with Gasteiger partial charge in [-0.05, 0) is 31.2 Å². The van der Waals surface area contributed by atoms with Crippen molar-refractivity contribution in [2.24, 2.45) is 0 Å². The number of anilines is 1. The Bertz CT molecular complexity index is 910. The van der Waals surface area contributed by atoms with Crippen molar-refractivity contribution < 1.29 is 19.1 Å². The summed E-state index contributed by atoms with van der Waals surface area (Å²) in [6, 6.07) is 12.0. The summed E-state index contributed by atoms with van der Waals surface area (Å²) in [4.78, 5) is 25.5. The SMILES string of the molecule is COc1cc(NC(=O)c2ccccc2)c(C(=O)NCC2=CCNCC2)cc1OC. The Morgan fingerprint density at radius 1 is 1.03 bits per heavy atom. The van der Waals surface area contributed by atoms with Gasteiger partial charge in [0, 0.05) is 24.7 Å². The van der Waals surface area contributed by atoms with Crippen LogP contribution in [0.2, 0.25) is 0 Å². The quantitative estimate of drug-likeness (QED) is 0.627. The van der Waals surface area contributed by atoms with Gasteiger partial charge >= 0.3 is 0 Å². The molecule has 0 bridgehead atoms. The Hall–Kier alpha value is -3.32. The van der Waals surface area contributed by atoms with Crippen molar-refractivity contribution in [3.8, 4) is 11.5 Å². The summed E-state index contributed by atoms with van der Waals surface area (Å²) < 4.78 is 10.7. The van der Waals surface area contributed by atoms with Crippen molar-refractivity contribution in [1.82, 2.24) is 10.6 Å². The highest BCUT2D eigenvalue weighted by atomic mass is 16.5. The molecule has 29 heavy (non-hydrogen) atoms. The van der Waals surface area contributed by atoms with Gasteiger partial charge in [-0.15, -0.1) is 0 Å². The molecular weight excluding hydrogens is 370 g/mol. The van der Waals surface area contributed by atoms with E-state index in [-0.39, 0.29) is 11.8 Å². The molecule has 7 heteroatoms. The Morgan fingerprint density at radius 3 is 2.41 bits per heavy atom. The molecule has 2 amide bonds. The Kier molecular flexibility index (Phi) is 6.86. The van der Waals surface area contributed by atoms with Crippen molar-refractivity contribution in [3.63, 3.8) is 0 Å². The van der Waals surface area contributed by atoms with Gasteiger partial charge in [0.25, 0.3) is 11.8 Å². The van der Waals surface area contributed by atoms with E-state index in [4.69, 9.17) is 9.47 Å². The minimum atomic E-state index is -0.312. The van der Waals surface area contributed by atoms with Gasteiger partial charge in [0.05, 0.1) is 25.5 Å². The van der Waals surface area contributed by atoms with Crippen LogP contribution in [0.4, 0.5) is 5.69 Å². The second-order valence-electron chi connectivity index (χ2n) is 6.57. The zero-order valence-corrected chi connectivity index (χ0v) is 16.6. The first-order valence-corrected chi connectivity index (χ1v) is 9.41. The number of nitrogens with one attached hydrogen (secondary N) is 3. The number of methoxy groups -OCH3 is 2. The van der Waals surface area contributed by atoms with E-state index < -0.39 is 0 Å². The molecule has 2 aromatic carbocycles. The molecule has 1 aliphatic rings. The van der Waals surface area contributed by atoms with Crippen LogP contribution in [0.1, 0.15) is 27.1 Å². The molecular formula is C22H25N3O4. The lowest BCUT2D eigenvalue weighted by Gasteiger charge is -2.17. The van der Waals surface area contributed by atoms with Crippen molar-refractivity contribution in [3.05, 3.63) is 65.2 Å². The number of amides is 2. The highest BCUT2D eigenvalue weighted by Crippen LogP contribution is 2.33. The summed E-state index contributed by atoms with van der Waals surface area (Å²) in [5, 5.41) is 8.98. The Morgan fingerprint density at radius 2 is 1.76 bits per heavy atom. The molecule has 0 aromatic heterocycles. The number of benzene rings is 2. The minimum Gasteiger partial charge on any atom is -0.493 e. The molecule has 2 aromatic rings. The van der Waals surface area contributed by atoms with Crippen molar-refractivity contribution in [1.29, 1.82) is 0 Å². The fraction of sp³-hybridized carbons (Fsp3) is 0.273. The summed E-state index contributed by atoms with van der Waals surface area (Å²) in [6.45, 7) is 2.16. The summed E-state index contributed by atoms with van der Waals surface area (Å²) in [6.07, 6.45) is 2.97. The van der Waals surface area contributed by atoms with Gasteiger partial charge < -0.3 is 25.4 Å². The predicted octanol–water partition coefficient (Wildman–Crippen LogP) is 2.61. The van der Waals surface area contributed by atoms with Gasteiger partial charge in [-0.25, -0.2) is 0 Å². The van der Waals surface area contributed by atoms with E-state index in [0.29, 0.717) is 34.9 Å². The van der Waals surface area contributed by atoms with E-state index in [0.717, 1.165) is 19.5 Å². The molecule has 3 N–H and O–H groups in total. The fourth-order valence-electron chi connectivity index (χ4n) is 3.07. The van der Waals surface area contributed by atoms with Crippen LogP contribution in [-0.4, -0.2) is 45.7 Å². The third-order valence-electron chi connectivity index (χ3n) is 4.69. The number of ether oxygens (including phenoxy) is 2. The number of carbonyl (C=O) groups is 2. The van der Waals surface area contributed by atoms with E-state index in [2.05, 4.69) is 22.0 Å². The fourth-order valence-corrected chi connectivity index (χ4v) is 3.07. The van der Waals surface area contributed by atoms with Crippen LogP contribution in [0.15, 0.2) is 54.1 Å². The Labute approximate surface area is 170 Å². The standard InChI is InChI=1S/C22H25N3O4/c1-28-19-12-17(22(27)24-14-15-8-10-23-11-9-15)18(13-20(19)29-2)25-21(26)16-6-4-3-5-7-16/h3-8,12-13,23H,9-11,14H2,1-2H3,(H,24,27)(H,25,26). The second kappa shape index (κ2) is 9.75. The minimum absolute atomic E-state index is 0.297. The number of carbonyl (C=O) groups excluding carboxylic acids is 2. The van der Waals surface area contributed by atoms with E-state index >= 15 is 0 Å². The first-order valence-electron chi connectivity index (χ1n) is 9.41. The zero-order valence-electron chi connectivity index (χ0n) is 16.6. The van der Waals surface area contributed by atoms with Crippen molar-refractivity contribution >= 4 is 17.5 Å². The summed E-state index contributed by atoms with van der Waals surface area (Å²) >= 11 is 0. The lowest BCUT2D eigenvalue weighted by molar-refractivity contribution is 0.0957. The van der Waals surface area contributed by atoms with Crippen molar-refractivity contribution in [2.45, 2.75) is 6.42 Å². The van der Waals surface area contributed by atoms with E-state index in [1.807, 2.05) is 6.07 Å². The molecule has 3 rings (SSSR count). The third kappa shape index (κ3) is 5.14. The summed E-state index contributed by atoms with van der Waals surface area (Å²) in [7, 11) is 3.01. The van der Waals surface area contributed by atoms with Crippen LogP contribution in [0, 0.1) is 0 Å². The topological polar surface area (TPSA) is 88.7 Å².